The van der Waals surface area contributed by atoms with Gasteiger partial charge in [-0.1, -0.05) is 164 Å². The fourth-order valence-electron chi connectivity index (χ4n) is 5.80. The Labute approximate surface area is 343 Å². The topological polar surface area (TPSA) is 184 Å². The Bertz CT molecular complexity index is 1260. The second kappa shape index (κ2) is 35.1. The summed E-state index contributed by atoms with van der Waals surface area (Å²) in [7, 11) is -4.75. The number of aliphatic carboxylic acids is 1. The molecule has 0 saturated carbocycles. The van der Waals surface area contributed by atoms with Crippen LogP contribution in [0.5, 0.6) is 0 Å². The molecule has 1 aliphatic heterocycles. The molecule has 5 unspecified atom stereocenters. The molecule has 0 aromatic carbocycles. The highest BCUT2D eigenvalue weighted by Gasteiger charge is 2.35. The van der Waals surface area contributed by atoms with Crippen molar-refractivity contribution in [1.29, 1.82) is 0 Å². The van der Waals surface area contributed by atoms with Crippen LogP contribution in [0.15, 0.2) is 60.8 Å². The monoisotopic (exact) mass is 823 g/mol. The summed E-state index contributed by atoms with van der Waals surface area (Å²) in [5.41, 5.74) is 5.33. The first-order valence-electron chi connectivity index (χ1n) is 21.5. The standard InChI is InChI=1S/C44H74NO11P/c1-3-5-7-9-11-13-15-17-18-19-21-23-25-27-29-33-42(46)52-35-38(36-53-57(50,51)54-37-39(45)44(48)49)55-43(47)34-30-32-41-40(56-41)31-28-26-24-22-20-16-14-12-10-8-6-4-2/h6,8,12,14,20,22,24,26,28,31,38-41H,3-5,7,9-11,13,15-19,21,23,25,27,29-30,32-37,45H2,1-2H3,(H,48,49)(H,50,51)/b8-6-,14-12-,22-20-,26-24+,31-28+. The lowest BCUT2D eigenvalue weighted by molar-refractivity contribution is -0.161. The number of phosphoric ester groups is 1. The molecule has 4 N–H and O–H groups in total. The van der Waals surface area contributed by atoms with Crippen LogP contribution in [0.3, 0.4) is 0 Å². The molecule has 13 heteroatoms. The Balaban J connectivity index is 2.37. The molecular formula is C44H74NO11P. The molecule has 57 heavy (non-hydrogen) atoms. The van der Waals surface area contributed by atoms with Gasteiger partial charge < -0.3 is 29.9 Å². The van der Waals surface area contributed by atoms with Crippen LogP contribution in [-0.4, -0.2) is 72.1 Å². The van der Waals surface area contributed by atoms with E-state index in [-0.39, 0.29) is 31.7 Å². The quantitative estimate of drug-likeness (QED) is 0.0134. The number of hydrogen-bond acceptors (Lipinski definition) is 10. The smallest absolute Gasteiger partial charge is 0.472 e. The zero-order valence-electron chi connectivity index (χ0n) is 34.9. The third kappa shape index (κ3) is 32.8. The Morgan fingerprint density at radius 1 is 0.684 bits per heavy atom. The summed E-state index contributed by atoms with van der Waals surface area (Å²) in [4.78, 5) is 46.1. The van der Waals surface area contributed by atoms with E-state index < -0.39 is 51.1 Å². The third-order valence-corrected chi connectivity index (χ3v) is 10.2. The first-order valence-corrected chi connectivity index (χ1v) is 23.0. The van der Waals surface area contributed by atoms with Crippen LogP contribution >= 0.6 is 7.82 Å². The number of carbonyl (C=O) groups is 3. The summed E-state index contributed by atoms with van der Waals surface area (Å²) < 4.78 is 38.3. The van der Waals surface area contributed by atoms with Gasteiger partial charge in [-0.05, 0) is 38.5 Å². The lowest BCUT2D eigenvalue weighted by Crippen LogP contribution is -2.34. The molecule has 326 valence electrons. The van der Waals surface area contributed by atoms with Crippen molar-refractivity contribution in [3.63, 3.8) is 0 Å². The minimum Gasteiger partial charge on any atom is -0.480 e. The summed E-state index contributed by atoms with van der Waals surface area (Å²) in [6.45, 7) is 2.58. The van der Waals surface area contributed by atoms with Gasteiger partial charge in [0.2, 0.25) is 0 Å². The van der Waals surface area contributed by atoms with Crippen LogP contribution in [0.4, 0.5) is 0 Å². The van der Waals surface area contributed by atoms with E-state index in [1.165, 1.54) is 70.6 Å². The molecular weight excluding hydrogens is 749 g/mol. The second-order valence-corrected chi connectivity index (χ2v) is 16.0. The maximum Gasteiger partial charge on any atom is 0.472 e. The SMILES string of the molecule is CC/C=C\C/C=C\C\C=C/C=C/C=C/C1OC1CCCC(=O)OC(COC(=O)CCCCCCCCCCCCCCCCC)COP(=O)(O)OCC(N)C(=O)O. The molecule has 1 saturated heterocycles. The minimum absolute atomic E-state index is 0.000668. The molecule has 0 bridgehead atoms. The van der Waals surface area contributed by atoms with Gasteiger partial charge in [0.15, 0.2) is 6.10 Å². The fourth-order valence-corrected chi connectivity index (χ4v) is 6.58. The third-order valence-electron chi connectivity index (χ3n) is 9.25. The minimum atomic E-state index is -4.75. The molecule has 1 rings (SSSR count). The lowest BCUT2D eigenvalue weighted by Gasteiger charge is -2.20. The first-order chi connectivity index (χ1) is 27.6. The number of rotatable bonds is 38. The number of allylic oxidation sites excluding steroid dienone is 9. The average Bonchev–Trinajstić information content (AvgIpc) is 3.94. The average molecular weight is 824 g/mol. The molecule has 0 aromatic heterocycles. The lowest BCUT2D eigenvalue weighted by atomic mass is 10.0. The zero-order chi connectivity index (χ0) is 41.8. The Morgan fingerprint density at radius 3 is 1.84 bits per heavy atom. The van der Waals surface area contributed by atoms with Gasteiger partial charge in [-0.2, -0.15) is 0 Å². The number of unbranched alkanes of at least 4 members (excludes halogenated alkanes) is 14. The van der Waals surface area contributed by atoms with Crippen LogP contribution < -0.4 is 5.73 Å². The highest BCUT2D eigenvalue weighted by molar-refractivity contribution is 7.47. The van der Waals surface area contributed by atoms with Crippen molar-refractivity contribution in [2.75, 3.05) is 19.8 Å². The van der Waals surface area contributed by atoms with Crippen LogP contribution in [0.2, 0.25) is 0 Å². The second-order valence-electron chi connectivity index (χ2n) is 14.6. The molecule has 5 atom stereocenters. The fraction of sp³-hybridized carbons (Fsp3) is 0.705. The van der Waals surface area contributed by atoms with E-state index in [1.807, 2.05) is 30.4 Å². The van der Waals surface area contributed by atoms with Gasteiger partial charge in [-0.25, -0.2) is 4.57 Å². The largest absolute Gasteiger partial charge is 0.480 e. The van der Waals surface area contributed by atoms with Crippen molar-refractivity contribution < 1.29 is 52.2 Å². The Hall–Kier alpha value is -2.86. The molecule has 0 aliphatic carbocycles. The highest BCUT2D eigenvalue weighted by Crippen LogP contribution is 2.43. The molecule has 1 fully saturated rings. The predicted molar refractivity (Wildman–Crippen MR) is 225 cm³/mol. The molecule has 12 nitrogen and oxygen atoms in total. The number of phosphoric acid groups is 1. The van der Waals surface area contributed by atoms with Crippen molar-refractivity contribution >= 4 is 25.7 Å². The number of epoxide rings is 1. The number of carbonyl (C=O) groups excluding carboxylic acids is 2. The summed E-state index contributed by atoms with van der Waals surface area (Å²) in [6.07, 6.45) is 41.7. The summed E-state index contributed by atoms with van der Waals surface area (Å²) in [5, 5.41) is 8.89. The van der Waals surface area contributed by atoms with E-state index in [1.54, 1.807) is 0 Å². The zero-order valence-corrected chi connectivity index (χ0v) is 35.7. The predicted octanol–water partition coefficient (Wildman–Crippen LogP) is 10.2. The van der Waals surface area contributed by atoms with E-state index in [0.717, 1.165) is 38.5 Å². The molecule has 0 spiro atoms. The van der Waals surface area contributed by atoms with Crippen LogP contribution in [0.1, 0.15) is 155 Å². The first kappa shape index (κ1) is 52.2. The van der Waals surface area contributed by atoms with E-state index in [2.05, 4.69) is 48.8 Å². The number of carboxylic acids is 1. The van der Waals surface area contributed by atoms with Crippen LogP contribution in [0.25, 0.3) is 0 Å². The molecule has 1 heterocycles. The number of carboxylic acid groups (broad SMARTS) is 1. The maximum absolute atomic E-state index is 12.7. The maximum atomic E-state index is 12.7. The number of esters is 2. The summed E-state index contributed by atoms with van der Waals surface area (Å²) in [6, 6.07) is -1.54. The summed E-state index contributed by atoms with van der Waals surface area (Å²) in [5.74, 6) is -2.49. The molecule has 0 radical (unpaired) electrons. The van der Waals surface area contributed by atoms with E-state index in [0.29, 0.717) is 19.3 Å². The van der Waals surface area contributed by atoms with Gasteiger partial charge >= 0.3 is 25.7 Å². The Kier molecular flexibility index (Phi) is 32.1. The molecule has 1 aliphatic rings. The van der Waals surface area contributed by atoms with Crippen molar-refractivity contribution in [3.05, 3.63) is 60.8 Å². The van der Waals surface area contributed by atoms with E-state index >= 15 is 0 Å². The molecule has 0 aromatic rings. The van der Waals surface area contributed by atoms with Gasteiger partial charge in [0, 0.05) is 12.8 Å². The Morgan fingerprint density at radius 2 is 1.23 bits per heavy atom. The van der Waals surface area contributed by atoms with Crippen molar-refractivity contribution in [2.24, 2.45) is 5.73 Å². The van der Waals surface area contributed by atoms with Crippen molar-refractivity contribution in [2.45, 2.75) is 179 Å². The van der Waals surface area contributed by atoms with Gasteiger partial charge in [0.1, 0.15) is 18.8 Å². The van der Waals surface area contributed by atoms with Crippen LogP contribution in [0, 0.1) is 0 Å². The van der Waals surface area contributed by atoms with Gasteiger partial charge in [0.25, 0.3) is 0 Å². The van der Waals surface area contributed by atoms with Gasteiger partial charge in [0.05, 0.1) is 19.3 Å². The highest BCUT2D eigenvalue weighted by atomic mass is 31.2. The summed E-state index contributed by atoms with van der Waals surface area (Å²) >= 11 is 0. The van der Waals surface area contributed by atoms with E-state index in [4.69, 9.17) is 29.6 Å². The van der Waals surface area contributed by atoms with E-state index in [9.17, 15) is 23.8 Å². The molecule has 0 amide bonds. The normalized spacial score (nSPS) is 17.9. The number of ether oxygens (including phenoxy) is 3. The van der Waals surface area contributed by atoms with Crippen molar-refractivity contribution in [1.82, 2.24) is 0 Å². The van der Waals surface area contributed by atoms with Gasteiger partial charge in [-0.15, -0.1) is 0 Å². The van der Waals surface area contributed by atoms with Crippen LogP contribution in [-0.2, 0) is 42.2 Å². The van der Waals surface area contributed by atoms with Gasteiger partial charge in [-0.3, -0.25) is 23.4 Å². The van der Waals surface area contributed by atoms with Crippen molar-refractivity contribution in [3.8, 4) is 0 Å². The number of nitrogens with two attached hydrogens (primary N) is 1. The number of hydrogen-bond donors (Lipinski definition) is 3.